The molecule has 0 aromatic carbocycles. The molecule has 1 saturated carbocycles. The number of piperazine rings is 1. The van der Waals surface area contributed by atoms with E-state index < -0.39 is 0 Å². The summed E-state index contributed by atoms with van der Waals surface area (Å²) in [6.45, 7) is 3.07. The van der Waals surface area contributed by atoms with Crippen LogP contribution in [0.25, 0.3) is 5.65 Å². The summed E-state index contributed by atoms with van der Waals surface area (Å²) >= 11 is 0. The Bertz CT molecular complexity index is 592. The Labute approximate surface area is 118 Å². The maximum Gasteiger partial charge on any atom is 0.203 e. The van der Waals surface area contributed by atoms with Gasteiger partial charge >= 0.3 is 0 Å². The fourth-order valence-corrected chi connectivity index (χ4v) is 3.77. The number of anilines is 1. The fraction of sp³-hybridized carbons (Fsp3) is 0.643. The zero-order valence-corrected chi connectivity index (χ0v) is 11.6. The summed E-state index contributed by atoms with van der Waals surface area (Å²) in [5, 5.41) is 11.9. The van der Waals surface area contributed by atoms with Crippen LogP contribution < -0.4 is 10.2 Å². The highest BCUT2D eigenvalue weighted by atomic mass is 15.3. The van der Waals surface area contributed by atoms with Crippen molar-refractivity contribution in [2.75, 3.05) is 24.5 Å². The Morgan fingerprint density at radius 3 is 3.00 bits per heavy atom. The van der Waals surface area contributed by atoms with Gasteiger partial charge in [-0.05, 0) is 12.8 Å². The van der Waals surface area contributed by atoms with Crippen molar-refractivity contribution in [3.63, 3.8) is 0 Å². The van der Waals surface area contributed by atoms with E-state index in [2.05, 4.69) is 25.4 Å². The molecule has 6 heteroatoms. The maximum absolute atomic E-state index is 4.63. The smallest absolute Gasteiger partial charge is 0.203 e. The molecule has 0 unspecified atom stereocenters. The first kappa shape index (κ1) is 12.1. The number of rotatable bonds is 1. The van der Waals surface area contributed by atoms with Crippen LogP contribution >= 0.6 is 0 Å². The summed E-state index contributed by atoms with van der Waals surface area (Å²) in [5.74, 6) is 0.994. The van der Waals surface area contributed by atoms with Gasteiger partial charge in [-0.1, -0.05) is 19.3 Å². The van der Waals surface area contributed by atoms with Gasteiger partial charge in [-0.25, -0.2) is 4.98 Å². The molecule has 0 radical (unpaired) electrons. The van der Waals surface area contributed by atoms with Gasteiger partial charge in [0.15, 0.2) is 5.82 Å². The molecular formula is C14H20N6. The second-order valence-electron chi connectivity index (χ2n) is 5.93. The Kier molecular flexibility index (Phi) is 2.84. The van der Waals surface area contributed by atoms with Crippen LogP contribution in [0.4, 0.5) is 5.82 Å². The molecule has 2 fully saturated rings. The molecule has 1 saturated heterocycles. The van der Waals surface area contributed by atoms with Crippen molar-refractivity contribution in [1.29, 1.82) is 0 Å². The minimum Gasteiger partial charge on any atom is -0.345 e. The van der Waals surface area contributed by atoms with E-state index in [1.54, 1.807) is 6.33 Å². The van der Waals surface area contributed by atoms with Gasteiger partial charge in [-0.15, -0.1) is 10.2 Å². The van der Waals surface area contributed by atoms with Crippen LogP contribution in [0.5, 0.6) is 0 Å². The average molecular weight is 272 g/mol. The molecule has 20 heavy (non-hydrogen) atoms. The summed E-state index contributed by atoms with van der Waals surface area (Å²) < 4.78 is 1.96. The first-order valence-corrected chi connectivity index (χ1v) is 7.52. The molecular weight excluding hydrogens is 252 g/mol. The Balaban J connectivity index is 1.79. The Morgan fingerprint density at radius 1 is 1.20 bits per heavy atom. The summed E-state index contributed by atoms with van der Waals surface area (Å²) in [6.07, 6.45) is 12.0. The summed E-state index contributed by atoms with van der Waals surface area (Å²) in [4.78, 5) is 7.12. The third-order valence-electron chi connectivity index (χ3n) is 4.78. The van der Waals surface area contributed by atoms with Crippen LogP contribution in [0.2, 0.25) is 0 Å². The van der Waals surface area contributed by atoms with E-state index in [-0.39, 0.29) is 5.54 Å². The van der Waals surface area contributed by atoms with Crippen LogP contribution in [0.3, 0.4) is 0 Å². The summed E-state index contributed by atoms with van der Waals surface area (Å²) in [6, 6.07) is 0. The second kappa shape index (κ2) is 4.70. The molecule has 1 spiro atoms. The highest BCUT2D eigenvalue weighted by Gasteiger charge is 2.41. The van der Waals surface area contributed by atoms with Crippen molar-refractivity contribution in [2.24, 2.45) is 0 Å². The largest absolute Gasteiger partial charge is 0.345 e. The van der Waals surface area contributed by atoms with Gasteiger partial charge in [0.2, 0.25) is 5.65 Å². The molecule has 3 heterocycles. The minimum absolute atomic E-state index is 0.220. The Hall–Kier alpha value is -1.69. The molecule has 0 atom stereocenters. The quantitative estimate of drug-likeness (QED) is 0.846. The molecule has 0 amide bonds. The van der Waals surface area contributed by atoms with Crippen molar-refractivity contribution in [1.82, 2.24) is 24.9 Å². The predicted molar refractivity (Wildman–Crippen MR) is 76.8 cm³/mol. The van der Waals surface area contributed by atoms with E-state index in [0.29, 0.717) is 0 Å². The van der Waals surface area contributed by atoms with E-state index in [0.717, 1.165) is 31.1 Å². The van der Waals surface area contributed by atoms with E-state index in [9.17, 15) is 0 Å². The van der Waals surface area contributed by atoms with E-state index >= 15 is 0 Å². The van der Waals surface area contributed by atoms with Crippen LogP contribution in [0.15, 0.2) is 18.7 Å². The molecule has 6 nitrogen and oxygen atoms in total. The zero-order valence-electron chi connectivity index (χ0n) is 11.6. The number of nitrogens with one attached hydrogen (secondary N) is 1. The molecule has 4 rings (SSSR count). The lowest BCUT2D eigenvalue weighted by Gasteiger charge is -2.50. The maximum atomic E-state index is 4.63. The van der Waals surface area contributed by atoms with Gasteiger partial charge in [0.05, 0.1) is 5.54 Å². The summed E-state index contributed by atoms with van der Waals surface area (Å²) in [7, 11) is 0. The monoisotopic (exact) mass is 272 g/mol. The van der Waals surface area contributed by atoms with Crippen LogP contribution in [-0.4, -0.2) is 44.8 Å². The number of nitrogens with zero attached hydrogens (tertiary/aromatic N) is 5. The molecule has 2 aromatic heterocycles. The van der Waals surface area contributed by atoms with E-state index in [1.807, 2.05) is 16.8 Å². The van der Waals surface area contributed by atoms with Gasteiger partial charge in [0.25, 0.3) is 0 Å². The molecule has 2 aromatic rings. The van der Waals surface area contributed by atoms with Crippen molar-refractivity contribution in [3.05, 3.63) is 18.7 Å². The number of hydrogen-bond donors (Lipinski definition) is 1. The van der Waals surface area contributed by atoms with Crippen LogP contribution in [-0.2, 0) is 0 Å². The molecule has 106 valence electrons. The zero-order chi connectivity index (χ0) is 13.4. The van der Waals surface area contributed by atoms with E-state index in [4.69, 9.17) is 0 Å². The van der Waals surface area contributed by atoms with Crippen LogP contribution in [0.1, 0.15) is 32.1 Å². The molecule has 1 aliphatic heterocycles. The minimum atomic E-state index is 0.220. The second-order valence-corrected chi connectivity index (χ2v) is 5.93. The lowest BCUT2D eigenvalue weighted by Crippen LogP contribution is -2.62. The third kappa shape index (κ3) is 1.78. The normalized spacial score (nSPS) is 22.5. The Morgan fingerprint density at radius 2 is 2.10 bits per heavy atom. The average Bonchev–Trinajstić information content (AvgIpc) is 2.97. The van der Waals surface area contributed by atoms with Crippen molar-refractivity contribution < 1.29 is 0 Å². The van der Waals surface area contributed by atoms with Gasteiger partial charge < -0.3 is 10.2 Å². The molecule has 1 N–H and O–H groups in total. The molecule has 0 bridgehead atoms. The standard InChI is InChI=1S/C14H20N6/c1-2-4-14(5-3-1)10-15-6-9-20(14)12-13-18-17-11-19(13)8-7-16-12/h7-8,11,15H,1-6,9-10H2. The van der Waals surface area contributed by atoms with Crippen LogP contribution in [0, 0.1) is 0 Å². The van der Waals surface area contributed by atoms with Crippen molar-refractivity contribution >= 4 is 11.5 Å². The van der Waals surface area contributed by atoms with Crippen molar-refractivity contribution in [3.8, 4) is 0 Å². The molecule has 2 aliphatic rings. The number of hydrogen-bond acceptors (Lipinski definition) is 5. The topological polar surface area (TPSA) is 58.4 Å². The first-order chi connectivity index (χ1) is 9.89. The van der Waals surface area contributed by atoms with Crippen molar-refractivity contribution in [2.45, 2.75) is 37.6 Å². The van der Waals surface area contributed by atoms with Gasteiger partial charge in [0, 0.05) is 32.0 Å². The third-order valence-corrected chi connectivity index (χ3v) is 4.78. The summed E-state index contributed by atoms with van der Waals surface area (Å²) in [5.41, 5.74) is 1.09. The number of fused-ring (bicyclic) bond motifs is 1. The van der Waals surface area contributed by atoms with Gasteiger partial charge in [-0.2, -0.15) is 0 Å². The first-order valence-electron chi connectivity index (χ1n) is 7.52. The van der Waals surface area contributed by atoms with Gasteiger partial charge in [0.1, 0.15) is 6.33 Å². The van der Waals surface area contributed by atoms with E-state index in [1.165, 1.54) is 32.1 Å². The SMILES string of the molecule is c1cn2cnnc2c(N2CCNCC23CCCCC3)n1. The van der Waals surface area contributed by atoms with Gasteiger partial charge in [-0.3, -0.25) is 4.40 Å². The molecule has 1 aliphatic carbocycles. The fourth-order valence-electron chi connectivity index (χ4n) is 3.77. The number of aromatic nitrogens is 4. The predicted octanol–water partition coefficient (Wildman–Crippen LogP) is 1.24. The highest BCUT2D eigenvalue weighted by molar-refractivity contribution is 5.65. The highest BCUT2D eigenvalue weighted by Crippen LogP contribution is 2.37. The lowest BCUT2D eigenvalue weighted by atomic mass is 9.79. The lowest BCUT2D eigenvalue weighted by molar-refractivity contribution is 0.240.